The van der Waals surface area contributed by atoms with Crippen LogP contribution in [0.3, 0.4) is 0 Å². The Morgan fingerprint density at radius 1 is 0.869 bits per heavy atom. The molecule has 6 aromatic rings. The number of benzene rings is 6. The fraction of sp³-hybridized carbons (Fsp3) is 0.260. The number of aliphatic hydroxyl groups excluding tert-OH is 1. The lowest BCUT2D eigenvalue weighted by molar-refractivity contribution is -0.150. The number of amides is 3. The van der Waals surface area contributed by atoms with E-state index in [2.05, 4.69) is 48.1 Å². The Bertz CT molecular complexity index is 2670. The van der Waals surface area contributed by atoms with E-state index >= 15 is 4.79 Å². The van der Waals surface area contributed by atoms with Crippen LogP contribution < -0.4 is 19.7 Å². The lowest BCUT2D eigenvalue weighted by Crippen LogP contribution is -2.52. The number of fused-ring (bicyclic) bond motifs is 2. The summed E-state index contributed by atoms with van der Waals surface area (Å²) in [6.07, 6.45) is -0.554. The van der Waals surface area contributed by atoms with Gasteiger partial charge in [0, 0.05) is 40.1 Å². The summed E-state index contributed by atoms with van der Waals surface area (Å²) < 4.78 is 13.7. The van der Waals surface area contributed by atoms with E-state index in [1.165, 1.54) is 5.19 Å². The van der Waals surface area contributed by atoms with Gasteiger partial charge in [0.25, 0.3) is 11.8 Å². The first kappa shape index (κ1) is 40.8. The van der Waals surface area contributed by atoms with Crippen LogP contribution in [0.15, 0.2) is 138 Å². The second-order valence-corrected chi connectivity index (χ2v) is 22.5. The Morgan fingerprint density at radius 3 is 2.33 bits per heavy atom. The molecule has 0 unspecified atom stereocenters. The molecule has 0 aliphatic carbocycles. The molecule has 1 spiro atoms. The zero-order valence-electron chi connectivity index (χ0n) is 34.7. The summed E-state index contributed by atoms with van der Waals surface area (Å²) in [6, 6.07) is 43.5. The van der Waals surface area contributed by atoms with Crippen LogP contribution in [-0.2, 0) is 33.0 Å². The maximum absolute atomic E-state index is 15.6. The number of aliphatic hydroxyl groups is 1. The lowest BCUT2D eigenvalue weighted by Gasteiger charge is -2.37. The number of hydrogen-bond acceptors (Lipinski definition) is 6. The van der Waals surface area contributed by atoms with E-state index < -0.39 is 19.8 Å². The average Bonchev–Trinajstić information content (AvgIpc) is 3.82. The quantitative estimate of drug-likeness (QED) is 0.123. The Kier molecular flexibility index (Phi) is 10.7. The molecule has 3 amide bonds. The predicted octanol–water partition coefficient (Wildman–Crippen LogP) is 9.08. The number of carbonyl (C=O) groups excluding carboxylic acids is 3. The topological polar surface area (TPSA) is 99.6 Å². The third kappa shape index (κ3) is 6.88. The van der Waals surface area contributed by atoms with E-state index in [-0.39, 0.29) is 55.3 Å². The van der Waals surface area contributed by atoms with Crippen LogP contribution >= 0.6 is 15.9 Å². The molecule has 0 bridgehead atoms. The number of ether oxygens (including phenoxy) is 2. The molecule has 6 aromatic carbocycles. The first-order valence-electron chi connectivity index (χ1n) is 20.8. The van der Waals surface area contributed by atoms with Gasteiger partial charge in [-0.3, -0.25) is 19.3 Å². The molecule has 3 aliphatic rings. The summed E-state index contributed by atoms with van der Waals surface area (Å²) in [5.41, 5.74) is 4.03. The third-order valence-electron chi connectivity index (χ3n) is 13.2. The average molecular weight is 895 g/mol. The SMILES string of the molecule is COc1ccc([Si](C)(C)[C@H]2[C@H](CC(=O)N(CCO)Cc3ccccc3)O[C@@]3(C(=O)N(Cc4cccc(N5C(=O)c6cccc7cccc5c67)c4)c4ccc(Br)cc43)[C@@H]2C)cc1. The highest BCUT2D eigenvalue weighted by atomic mass is 79.9. The standard InChI is InChI=1S/C50H48BrN3O6Si/c1-32-47(61(3,4)39-22-20-38(59-2)21-23-39)44(29-45(56)52(25-26-55)30-33-11-6-5-7-12-33)60-50(32)41-28-36(51)19-24-42(41)53(49(50)58)31-34-13-8-16-37(27-34)54-43-18-10-15-35-14-9-17-40(46(35)43)48(54)57/h5-24,27-28,32,44,47,55H,25-26,29-31H2,1-4H3/t32-,44+,47-,50+/m1/s1. The van der Waals surface area contributed by atoms with Crippen molar-refractivity contribution in [3.8, 4) is 5.75 Å². The van der Waals surface area contributed by atoms with Crippen molar-refractivity contribution in [2.24, 2.45) is 5.92 Å². The number of halogens is 1. The maximum Gasteiger partial charge on any atom is 0.264 e. The number of anilines is 3. The van der Waals surface area contributed by atoms with Crippen LogP contribution in [0.5, 0.6) is 5.75 Å². The summed E-state index contributed by atoms with van der Waals surface area (Å²) in [4.78, 5) is 49.2. The van der Waals surface area contributed by atoms with Crippen LogP contribution in [0.4, 0.5) is 17.1 Å². The van der Waals surface area contributed by atoms with Crippen molar-refractivity contribution in [2.75, 3.05) is 30.1 Å². The number of rotatable bonds is 12. The van der Waals surface area contributed by atoms with Gasteiger partial charge in [-0.05, 0) is 76.7 Å². The van der Waals surface area contributed by atoms with E-state index in [9.17, 15) is 14.7 Å². The van der Waals surface area contributed by atoms with Gasteiger partial charge in [0.05, 0.1) is 57.8 Å². The first-order valence-corrected chi connectivity index (χ1v) is 24.7. The van der Waals surface area contributed by atoms with Crippen molar-refractivity contribution >= 4 is 74.7 Å². The van der Waals surface area contributed by atoms with Gasteiger partial charge in [-0.2, -0.15) is 0 Å². The second-order valence-electron chi connectivity index (χ2n) is 16.9. The van der Waals surface area contributed by atoms with Crippen LogP contribution in [0, 0.1) is 5.92 Å². The molecule has 310 valence electrons. The molecule has 9 rings (SSSR count). The van der Waals surface area contributed by atoms with Crippen LogP contribution in [0.25, 0.3) is 10.8 Å². The zero-order chi connectivity index (χ0) is 42.6. The van der Waals surface area contributed by atoms with Crippen LogP contribution in [0.1, 0.15) is 40.4 Å². The highest BCUT2D eigenvalue weighted by molar-refractivity contribution is 9.10. The minimum absolute atomic E-state index is 0.0494. The van der Waals surface area contributed by atoms with E-state index in [4.69, 9.17) is 9.47 Å². The third-order valence-corrected chi connectivity index (χ3v) is 18.0. The van der Waals surface area contributed by atoms with Crippen molar-refractivity contribution < 1.29 is 29.0 Å². The summed E-state index contributed by atoms with van der Waals surface area (Å²) >= 11 is 3.72. The van der Waals surface area contributed by atoms with E-state index in [0.717, 1.165) is 54.7 Å². The fourth-order valence-electron chi connectivity index (χ4n) is 10.3. The Hall–Kier alpha value is -5.59. The van der Waals surface area contributed by atoms with E-state index in [1.807, 2.05) is 126 Å². The molecule has 61 heavy (non-hydrogen) atoms. The normalized spacial score (nSPS) is 20.5. The highest BCUT2D eigenvalue weighted by Gasteiger charge is 2.66. The second kappa shape index (κ2) is 16.0. The summed E-state index contributed by atoms with van der Waals surface area (Å²) in [5, 5.41) is 13.2. The summed E-state index contributed by atoms with van der Waals surface area (Å²) in [7, 11) is -0.902. The van der Waals surface area contributed by atoms with Gasteiger partial charge in [0.1, 0.15) is 5.75 Å². The van der Waals surface area contributed by atoms with Gasteiger partial charge < -0.3 is 24.4 Å². The fourth-order valence-corrected chi connectivity index (χ4v) is 14.7. The number of nitrogens with zero attached hydrogens (tertiary/aromatic N) is 3. The van der Waals surface area contributed by atoms with Crippen molar-refractivity contribution in [3.63, 3.8) is 0 Å². The maximum atomic E-state index is 15.6. The van der Waals surface area contributed by atoms with Crippen molar-refractivity contribution in [2.45, 2.75) is 56.8 Å². The van der Waals surface area contributed by atoms with Crippen LogP contribution in [-0.4, -0.2) is 62.2 Å². The van der Waals surface area contributed by atoms with Crippen molar-refractivity contribution in [3.05, 3.63) is 160 Å². The monoisotopic (exact) mass is 893 g/mol. The molecular formula is C50H48BrN3O6Si. The van der Waals surface area contributed by atoms with Gasteiger partial charge in [0.15, 0.2) is 5.60 Å². The molecule has 1 N–H and O–H groups in total. The highest BCUT2D eigenvalue weighted by Crippen LogP contribution is 2.60. The van der Waals surface area contributed by atoms with Gasteiger partial charge in [-0.1, -0.05) is 120 Å². The van der Waals surface area contributed by atoms with Crippen molar-refractivity contribution in [1.29, 1.82) is 0 Å². The zero-order valence-corrected chi connectivity index (χ0v) is 37.3. The van der Waals surface area contributed by atoms with E-state index in [1.54, 1.807) is 16.9 Å². The molecule has 0 aromatic heterocycles. The molecular weight excluding hydrogens is 847 g/mol. The first-order chi connectivity index (χ1) is 29.5. The minimum Gasteiger partial charge on any atom is -0.497 e. The summed E-state index contributed by atoms with van der Waals surface area (Å²) in [6.45, 7) is 7.31. The molecule has 3 aliphatic heterocycles. The Balaban J connectivity index is 1.09. The lowest BCUT2D eigenvalue weighted by atomic mass is 9.82. The minimum atomic E-state index is -2.55. The largest absolute Gasteiger partial charge is 0.497 e. The van der Waals surface area contributed by atoms with Crippen molar-refractivity contribution in [1.82, 2.24) is 4.90 Å². The van der Waals surface area contributed by atoms with E-state index in [0.29, 0.717) is 12.1 Å². The molecule has 0 radical (unpaired) electrons. The Morgan fingerprint density at radius 2 is 1.59 bits per heavy atom. The van der Waals surface area contributed by atoms with Gasteiger partial charge in [-0.25, -0.2) is 0 Å². The number of hydrogen-bond donors (Lipinski definition) is 1. The predicted molar refractivity (Wildman–Crippen MR) is 245 cm³/mol. The van der Waals surface area contributed by atoms with Gasteiger partial charge >= 0.3 is 0 Å². The molecule has 1 saturated heterocycles. The molecule has 9 nitrogen and oxygen atoms in total. The number of methoxy groups -OCH3 is 1. The molecule has 11 heteroatoms. The smallest absolute Gasteiger partial charge is 0.264 e. The van der Waals surface area contributed by atoms with Crippen LogP contribution in [0.2, 0.25) is 18.6 Å². The number of carbonyl (C=O) groups is 3. The Labute approximate surface area is 365 Å². The molecule has 0 saturated carbocycles. The van der Waals surface area contributed by atoms with Gasteiger partial charge in [0.2, 0.25) is 5.91 Å². The molecule has 1 fully saturated rings. The molecule has 3 heterocycles. The molecule has 4 atom stereocenters. The summed E-state index contributed by atoms with van der Waals surface area (Å²) in [5.74, 6) is 0.0318. The van der Waals surface area contributed by atoms with Gasteiger partial charge in [-0.15, -0.1) is 0 Å².